The number of aromatic nitrogens is 4. The van der Waals surface area contributed by atoms with Crippen LogP contribution in [0.5, 0.6) is 0 Å². The summed E-state index contributed by atoms with van der Waals surface area (Å²) in [7, 11) is -1.56. The Hall–Kier alpha value is -2.27. The first kappa shape index (κ1) is 16.6. The Balaban J connectivity index is 2.19. The van der Waals surface area contributed by atoms with Crippen LogP contribution >= 0.6 is 11.3 Å². The zero-order valence-corrected chi connectivity index (χ0v) is 13.7. The van der Waals surface area contributed by atoms with Gasteiger partial charge in [-0.15, -0.1) is 11.3 Å². The number of alkyl halides is 3. The lowest BCUT2D eigenvalue weighted by molar-refractivity contribution is -0.134. The Morgan fingerprint density at radius 3 is 2.46 bits per heavy atom. The first-order valence-electron chi connectivity index (χ1n) is 6.45. The van der Waals surface area contributed by atoms with E-state index < -0.39 is 21.9 Å². The number of thiophene rings is 1. The van der Waals surface area contributed by atoms with Crippen LogP contribution in [0, 0.1) is 0 Å². The second kappa shape index (κ2) is 5.98. The van der Waals surface area contributed by atoms with E-state index >= 15 is 0 Å². The Kier molecular flexibility index (Phi) is 4.13. The third-order valence-corrected chi connectivity index (χ3v) is 5.01. The monoisotopic (exact) mass is 373 g/mol. The maximum Gasteiger partial charge on any atom is 0.425 e. The molecular weight excluding hydrogens is 363 g/mol. The van der Waals surface area contributed by atoms with Gasteiger partial charge < -0.3 is 5.73 Å². The van der Waals surface area contributed by atoms with Crippen LogP contribution in [-0.2, 0) is 17.0 Å². The summed E-state index contributed by atoms with van der Waals surface area (Å²) in [5.41, 5.74) is 6.23. The summed E-state index contributed by atoms with van der Waals surface area (Å²) in [6, 6.07) is 3.84. The number of hydrogen-bond donors (Lipinski definition) is 1. The molecule has 6 nitrogen and oxygen atoms in total. The molecule has 0 aliphatic heterocycles. The number of nitrogens with two attached hydrogens (primary N) is 1. The number of rotatable bonds is 3. The van der Waals surface area contributed by atoms with Gasteiger partial charge in [0.2, 0.25) is 0 Å². The molecule has 2 N–H and O–H groups in total. The van der Waals surface area contributed by atoms with E-state index in [2.05, 4.69) is 15.1 Å². The number of anilines is 1. The van der Waals surface area contributed by atoms with Gasteiger partial charge in [-0.3, -0.25) is 4.21 Å². The Bertz CT molecular complexity index is 904. The van der Waals surface area contributed by atoms with E-state index in [4.69, 9.17) is 5.73 Å². The van der Waals surface area contributed by atoms with E-state index in [0.717, 1.165) is 6.07 Å². The molecule has 1 atom stereocenters. The normalized spacial score (nSPS) is 13.2. The third kappa shape index (κ3) is 2.91. The molecule has 0 spiro atoms. The maximum atomic E-state index is 12.8. The van der Waals surface area contributed by atoms with Crippen molar-refractivity contribution in [2.75, 3.05) is 12.0 Å². The Labute approximate surface area is 140 Å². The molecule has 0 amide bonds. The van der Waals surface area contributed by atoms with Gasteiger partial charge in [-0.05, 0) is 18.2 Å². The number of hydrogen-bond acceptors (Lipinski definition) is 6. The van der Waals surface area contributed by atoms with Gasteiger partial charge >= 0.3 is 6.18 Å². The Morgan fingerprint density at radius 2 is 1.92 bits per heavy atom. The fraction of sp³-hybridized carbons (Fsp3) is 0.154. The highest BCUT2D eigenvalue weighted by Crippen LogP contribution is 2.42. The standard InChI is InChI=1S/C13H10F3N5OS2/c1-24(22)11-9(7-3-4-8(23-7)13(14,15)16)10(17)21(20-11)12-18-5-2-6-19-12/h2-6H,17H2,1H3. The summed E-state index contributed by atoms with van der Waals surface area (Å²) in [6.07, 6.45) is -0.140. The van der Waals surface area contributed by atoms with E-state index in [1.54, 1.807) is 6.07 Å². The van der Waals surface area contributed by atoms with Crippen molar-refractivity contribution >= 4 is 28.0 Å². The van der Waals surface area contributed by atoms with Crippen LogP contribution in [0.2, 0.25) is 0 Å². The van der Waals surface area contributed by atoms with Gasteiger partial charge in [0.05, 0.1) is 16.4 Å². The lowest BCUT2D eigenvalue weighted by Gasteiger charge is -2.02. The molecule has 0 aliphatic rings. The molecule has 0 bridgehead atoms. The number of halogens is 3. The van der Waals surface area contributed by atoms with Crippen LogP contribution in [0.1, 0.15) is 4.88 Å². The van der Waals surface area contributed by atoms with Gasteiger partial charge in [-0.1, -0.05) is 0 Å². The molecule has 126 valence electrons. The molecular formula is C13H10F3N5OS2. The third-order valence-electron chi connectivity index (χ3n) is 3.03. The van der Waals surface area contributed by atoms with Crippen molar-refractivity contribution in [1.82, 2.24) is 19.7 Å². The fourth-order valence-electron chi connectivity index (χ4n) is 2.02. The molecule has 0 aromatic carbocycles. The molecule has 3 rings (SSSR count). The average molecular weight is 373 g/mol. The lowest BCUT2D eigenvalue weighted by Crippen LogP contribution is -2.06. The van der Waals surface area contributed by atoms with E-state index in [1.807, 2.05) is 0 Å². The summed E-state index contributed by atoms with van der Waals surface area (Å²) in [6.45, 7) is 0. The molecule has 0 fully saturated rings. The minimum Gasteiger partial charge on any atom is -0.383 e. The van der Waals surface area contributed by atoms with Crippen LogP contribution in [0.3, 0.4) is 0 Å². The lowest BCUT2D eigenvalue weighted by atomic mass is 10.2. The van der Waals surface area contributed by atoms with Crippen LogP contribution in [0.25, 0.3) is 16.4 Å². The van der Waals surface area contributed by atoms with Crippen molar-refractivity contribution < 1.29 is 17.4 Å². The predicted molar refractivity (Wildman–Crippen MR) is 84.2 cm³/mol. The summed E-state index contributed by atoms with van der Waals surface area (Å²) in [5, 5.41) is 4.20. The topological polar surface area (TPSA) is 86.7 Å². The molecule has 1 unspecified atom stereocenters. The molecule has 0 saturated heterocycles. The molecule has 3 heterocycles. The predicted octanol–water partition coefficient (Wildman–Crippen LogP) is 2.73. The van der Waals surface area contributed by atoms with E-state index in [1.165, 1.54) is 29.4 Å². The van der Waals surface area contributed by atoms with Gasteiger partial charge in [0.15, 0.2) is 5.03 Å². The quantitative estimate of drug-likeness (QED) is 0.763. The van der Waals surface area contributed by atoms with Crippen LogP contribution in [0.4, 0.5) is 19.0 Å². The second-order valence-electron chi connectivity index (χ2n) is 4.64. The highest BCUT2D eigenvalue weighted by Gasteiger charge is 2.33. The number of nitrogen functional groups attached to an aromatic ring is 1. The average Bonchev–Trinajstić information content (AvgIpc) is 3.12. The first-order chi connectivity index (χ1) is 11.3. The molecule has 11 heteroatoms. The van der Waals surface area contributed by atoms with Gasteiger partial charge in [0, 0.05) is 23.5 Å². The van der Waals surface area contributed by atoms with Gasteiger partial charge in [-0.25, -0.2) is 9.97 Å². The van der Waals surface area contributed by atoms with Crippen molar-refractivity contribution in [1.29, 1.82) is 0 Å². The van der Waals surface area contributed by atoms with Crippen molar-refractivity contribution in [3.8, 4) is 16.4 Å². The molecule has 24 heavy (non-hydrogen) atoms. The van der Waals surface area contributed by atoms with Crippen LogP contribution < -0.4 is 5.73 Å². The molecule has 3 aromatic heterocycles. The molecule has 0 saturated carbocycles. The second-order valence-corrected chi connectivity index (χ2v) is 7.02. The minimum atomic E-state index is -4.46. The zero-order valence-electron chi connectivity index (χ0n) is 12.1. The summed E-state index contributed by atoms with van der Waals surface area (Å²) >= 11 is 0.514. The molecule has 0 aliphatic carbocycles. The van der Waals surface area contributed by atoms with Crippen molar-refractivity contribution in [3.63, 3.8) is 0 Å². The summed E-state index contributed by atoms with van der Waals surface area (Å²) < 4.78 is 51.6. The fourth-order valence-corrected chi connectivity index (χ4v) is 3.71. The summed E-state index contributed by atoms with van der Waals surface area (Å²) in [5.74, 6) is 0.169. The van der Waals surface area contributed by atoms with Crippen molar-refractivity contribution in [3.05, 3.63) is 35.5 Å². The first-order valence-corrected chi connectivity index (χ1v) is 8.83. The van der Waals surface area contributed by atoms with Crippen LogP contribution in [-0.4, -0.2) is 30.2 Å². The summed E-state index contributed by atoms with van der Waals surface area (Å²) in [4.78, 5) is 7.45. The SMILES string of the molecule is CS(=O)c1nn(-c2ncccn2)c(N)c1-c1ccc(C(F)(F)F)s1. The maximum absolute atomic E-state index is 12.8. The molecule has 3 aromatic rings. The highest BCUT2D eigenvalue weighted by molar-refractivity contribution is 7.84. The largest absolute Gasteiger partial charge is 0.425 e. The van der Waals surface area contributed by atoms with E-state index in [-0.39, 0.29) is 27.2 Å². The van der Waals surface area contributed by atoms with Crippen LogP contribution in [0.15, 0.2) is 35.6 Å². The highest BCUT2D eigenvalue weighted by atomic mass is 32.2. The van der Waals surface area contributed by atoms with Gasteiger partial charge in [0.1, 0.15) is 10.7 Å². The van der Waals surface area contributed by atoms with E-state index in [9.17, 15) is 17.4 Å². The van der Waals surface area contributed by atoms with Crippen molar-refractivity contribution in [2.24, 2.45) is 0 Å². The van der Waals surface area contributed by atoms with Crippen molar-refractivity contribution in [2.45, 2.75) is 11.2 Å². The van der Waals surface area contributed by atoms with Gasteiger partial charge in [-0.2, -0.15) is 23.0 Å². The zero-order chi connectivity index (χ0) is 17.5. The minimum absolute atomic E-state index is 0.0296. The Morgan fingerprint density at radius 1 is 1.25 bits per heavy atom. The van der Waals surface area contributed by atoms with E-state index in [0.29, 0.717) is 11.3 Å². The smallest absolute Gasteiger partial charge is 0.383 e. The van der Waals surface area contributed by atoms with Gasteiger partial charge in [0.25, 0.3) is 5.95 Å². The number of nitrogens with zero attached hydrogens (tertiary/aromatic N) is 4. The molecule has 0 radical (unpaired) electrons.